The van der Waals surface area contributed by atoms with Gasteiger partial charge >= 0.3 is 5.69 Å². The van der Waals surface area contributed by atoms with E-state index in [0.717, 1.165) is 15.7 Å². The van der Waals surface area contributed by atoms with Crippen molar-refractivity contribution in [2.45, 2.75) is 26.8 Å². The number of aromatic nitrogens is 4. The third kappa shape index (κ3) is 3.64. The number of rotatable bonds is 4. The number of amides is 1. The molecule has 0 spiro atoms. The number of benzene rings is 1. The van der Waals surface area contributed by atoms with Gasteiger partial charge in [-0.25, -0.2) is 4.79 Å². The fraction of sp³-hybridized carbons (Fsp3) is 0.455. The number of nitrogens with zero attached hydrogens (tertiary/aromatic N) is 6. The number of piperazine rings is 1. The van der Waals surface area contributed by atoms with E-state index in [1.807, 2.05) is 41.5 Å². The summed E-state index contributed by atoms with van der Waals surface area (Å²) in [7, 11) is 3.12. The van der Waals surface area contributed by atoms with Crippen LogP contribution in [0.1, 0.15) is 24.5 Å². The third-order valence-corrected chi connectivity index (χ3v) is 5.97. The molecular weight excluding hydrogens is 396 g/mol. The van der Waals surface area contributed by atoms with Crippen LogP contribution in [0.2, 0.25) is 0 Å². The predicted octanol–water partition coefficient (Wildman–Crippen LogP) is 0.849. The van der Waals surface area contributed by atoms with Crippen molar-refractivity contribution in [1.29, 1.82) is 0 Å². The van der Waals surface area contributed by atoms with Gasteiger partial charge in [-0.2, -0.15) is 4.98 Å². The Labute approximate surface area is 180 Å². The van der Waals surface area contributed by atoms with Crippen LogP contribution in [-0.4, -0.2) is 55.7 Å². The van der Waals surface area contributed by atoms with Crippen molar-refractivity contribution in [2.75, 3.05) is 31.1 Å². The van der Waals surface area contributed by atoms with E-state index < -0.39 is 5.69 Å². The fourth-order valence-electron chi connectivity index (χ4n) is 4.20. The number of imidazole rings is 1. The summed E-state index contributed by atoms with van der Waals surface area (Å²) in [5.74, 6) is 0.794. The molecule has 3 aromatic rings. The highest BCUT2D eigenvalue weighted by molar-refractivity contribution is 5.77. The summed E-state index contributed by atoms with van der Waals surface area (Å²) >= 11 is 0. The molecule has 0 atom stereocenters. The molecule has 4 rings (SSSR count). The summed E-state index contributed by atoms with van der Waals surface area (Å²) in [5, 5.41) is 0. The largest absolute Gasteiger partial charge is 0.339 e. The molecule has 1 saturated heterocycles. The van der Waals surface area contributed by atoms with Gasteiger partial charge in [0.25, 0.3) is 5.56 Å². The second kappa shape index (κ2) is 8.05. The second-order valence-electron chi connectivity index (χ2n) is 8.09. The molecule has 2 aromatic heterocycles. The lowest BCUT2D eigenvalue weighted by molar-refractivity contribution is -0.131. The number of carbonyl (C=O) groups excluding carboxylic acids is 1. The van der Waals surface area contributed by atoms with Crippen LogP contribution in [0.5, 0.6) is 0 Å². The predicted molar refractivity (Wildman–Crippen MR) is 120 cm³/mol. The van der Waals surface area contributed by atoms with Crippen molar-refractivity contribution < 1.29 is 4.79 Å². The van der Waals surface area contributed by atoms with E-state index in [2.05, 4.69) is 11.0 Å². The normalized spacial score (nSPS) is 14.5. The minimum atomic E-state index is -0.400. The van der Waals surface area contributed by atoms with Gasteiger partial charge in [0.05, 0.1) is 6.54 Å². The Hall–Kier alpha value is -3.36. The molecule has 1 fully saturated rings. The van der Waals surface area contributed by atoms with E-state index in [1.165, 1.54) is 11.6 Å². The molecule has 9 nitrogen and oxygen atoms in total. The first kappa shape index (κ1) is 20.9. The minimum absolute atomic E-state index is 0.143. The molecule has 0 unspecified atom stereocenters. The van der Waals surface area contributed by atoms with Crippen LogP contribution in [0.3, 0.4) is 0 Å². The molecule has 1 aliphatic rings. The molecule has 0 N–H and O–H groups in total. The summed E-state index contributed by atoms with van der Waals surface area (Å²) in [6, 6.07) is 8.13. The quantitative estimate of drug-likeness (QED) is 0.620. The first-order valence-electron chi connectivity index (χ1n) is 10.6. The Bertz CT molecular complexity index is 1260. The minimum Gasteiger partial charge on any atom is -0.339 e. The number of carbonyl (C=O) groups is 1. The van der Waals surface area contributed by atoms with Crippen LogP contribution >= 0.6 is 0 Å². The first-order valence-corrected chi connectivity index (χ1v) is 10.6. The van der Waals surface area contributed by atoms with Gasteiger partial charge in [0.2, 0.25) is 11.9 Å². The Morgan fingerprint density at radius 1 is 1.06 bits per heavy atom. The van der Waals surface area contributed by atoms with Crippen LogP contribution < -0.4 is 16.1 Å². The van der Waals surface area contributed by atoms with E-state index >= 15 is 0 Å². The van der Waals surface area contributed by atoms with Crippen LogP contribution in [0.4, 0.5) is 5.95 Å². The molecule has 1 aromatic carbocycles. The lowest BCUT2D eigenvalue weighted by Crippen LogP contribution is -2.49. The van der Waals surface area contributed by atoms with Crippen molar-refractivity contribution in [1.82, 2.24) is 23.6 Å². The van der Waals surface area contributed by atoms with Gasteiger partial charge in [0.15, 0.2) is 11.2 Å². The van der Waals surface area contributed by atoms with Crippen LogP contribution in [-0.2, 0) is 25.4 Å². The lowest BCUT2D eigenvalue weighted by Gasteiger charge is -2.35. The van der Waals surface area contributed by atoms with Crippen molar-refractivity contribution in [3.05, 3.63) is 56.2 Å². The van der Waals surface area contributed by atoms with E-state index in [-0.39, 0.29) is 11.5 Å². The number of anilines is 1. The van der Waals surface area contributed by atoms with E-state index in [1.54, 1.807) is 7.05 Å². The highest BCUT2D eigenvalue weighted by Gasteiger charge is 2.26. The topological polar surface area (TPSA) is 85.4 Å². The fourth-order valence-corrected chi connectivity index (χ4v) is 4.20. The molecule has 3 heterocycles. The van der Waals surface area contributed by atoms with Crippen molar-refractivity contribution in [3.8, 4) is 0 Å². The monoisotopic (exact) mass is 424 g/mol. The standard InChI is InChI=1S/C22H28N6O3/c1-5-17(29)26-9-11-27(12-10-26)21-23-19-18(20(30)25(4)22(31)24(19)3)28(21)14-16-8-6-7-15(2)13-16/h6-8,13H,5,9-12,14H2,1-4H3. The van der Waals surface area contributed by atoms with Crippen molar-refractivity contribution in [3.63, 3.8) is 0 Å². The third-order valence-electron chi connectivity index (χ3n) is 5.97. The van der Waals surface area contributed by atoms with Crippen LogP contribution in [0, 0.1) is 6.92 Å². The molecule has 9 heteroatoms. The van der Waals surface area contributed by atoms with Crippen LogP contribution in [0.15, 0.2) is 33.9 Å². The van der Waals surface area contributed by atoms with Crippen LogP contribution in [0.25, 0.3) is 11.2 Å². The summed E-state index contributed by atoms with van der Waals surface area (Å²) < 4.78 is 4.45. The maximum Gasteiger partial charge on any atom is 0.332 e. The maximum atomic E-state index is 13.1. The number of hydrogen-bond acceptors (Lipinski definition) is 5. The molecule has 0 bridgehead atoms. The second-order valence-corrected chi connectivity index (χ2v) is 8.09. The summed E-state index contributed by atoms with van der Waals surface area (Å²) in [6.45, 7) is 6.83. The van der Waals surface area contributed by atoms with Gasteiger partial charge in [0, 0.05) is 46.7 Å². The lowest BCUT2D eigenvalue weighted by atomic mass is 10.1. The average molecular weight is 425 g/mol. The summed E-state index contributed by atoms with van der Waals surface area (Å²) in [4.78, 5) is 46.3. The number of fused-ring (bicyclic) bond motifs is 1. The molecule has 0 aliphatic carbocycles. The summed E-state index contributed by atoms with van der Waals surface area (Å²) in [5.41, 5.74) is 2.22. The molecule has 31 heavy (non-hydrogen) atoms. The highest BCUT2D eigenvalue weighted by atomic mass is 16.2. The molecule has 1 amide bonds. The Morgan fingerprint density at radius 3 is 2.42 bits per heavy atom. The SMILES string of the molecule is CCC(=O)N1CCN(c2nc3c(c(=O)n(C)c(=O)n3C)n2Cc2cccc(C)c2)CC1. The van der Waals surface area contributed by atoms with Crippen molar-refractivity contribution >= 4 is 23.0 Å². The van der Waals surface area contributed by atoms with E-state index in [9.17, 15) is 14.4 Å². The zero-order valence-corrected chi connectivity index (χ0v) is 18.5. The zero-order chi connectivity index (χ0) is 22.3. The Balaban J connectivity index is 1.84. The highest BCUT2D eigenvalue weighted by Crippen LogP contribution is 2.23. The van der Waals surface area contributed by atoms with E-state index in [4.69, 9.17) is 4.98 Å². The van der Waals surface area contributed by atoms with Crippen molar-refractivity contribution in [2.24, 2.45) is 14.1 Å². The molecule has 0 radical (unpaired) electrons. The number of hydrogen-bond donors (Lipinski definition) is 0. The van der Waals surface area contributed by atoms with Gasteiger partial charge in [-0.05, 0) is 12.5 Å². The molecule has 164 valence electrons. The van der Waals surface area contributed by atoms with Gasteiger partial charge in [0.1, 0.15) is 0 Å². The van der Waals surface area contributed by atoms with Gasteiger partial charge in [-0.15, -0.1) is 0 Å². The number of aryl methyl sites for hydroxylation is 2. The van der Waals surface area contributed by atoms with Gasteiger partial charge in [-0.3, -0.25) is 23.3 Å². The Morgan fingerprint density at radius 2 is 1.77 bits per heavy atom. The first-order chi connectivity index (χ1) is 14.8. The Kier molecular flexibility index (Phi) is 5.43. The molecule has 0 saturated carbocycles. The smallest absolute Gasteiger partial charge is 0.332 e. The zero-order valence-electron chi connectivity index (χ0n) is 18.5. The van der Waals surface area contributed by atoms with E-state index in [0.29, 0.717) is 56.3 Å². The van der Waals surface area contributed by atoms with Gasteiger partial charge < -0.3 is 9.80 Å². The average Bonchev–Trinajstić information content (AvgIpc) is 3.15. The summed E-state index contributed by atoms with van der Waals surface area (Å²) in [6.07, 6.45) is 0.490. The molecular formula is C22H28N6O3. The molecule has 1 aliphatic heterocycles. The maximum absolute atomic E-state index is 13.1. The van der Waals surface area contributed by atoms with Gasteiger partial charge in [-0.1, -0.05) is 36.8 Å².